The number of nitriles is 1. The zero-order valence-corrected chi connectivity index (χ0v) is 12.7. The minimum absolute atomic E-state index is 0.0716. The van der Waals surface area contributed by atoms with Crippen molar-refractivity contribution >= 4 is 11.6 Å². The first-order valence-corrected chi connectivity index (χ1v) is 7.11. The molecular formula is C18H18N2O2. The highest BCUT2D eigenvalue weighted by atomic mass is 16.5. The zero-order chi connectivity index (χ0) is 15.9. The molecule has 2 aromatic carbocycles. The Hall–Kier alpha value is -2.80. The van der Waals surface area contributed by atoms with Gasteiger partial charge in [-0.1, -0.05) is 26.0 Å². The smallest absolute Gasteiger partial charge is 0.262 e. The number of nitrogens with zero attached hydrogens (tertiary/aromatic N) is 1. The van der Waals surface area contributed by atoms with Crippen molar-refractivity contribution in [3.05, 3.63) is 59.7 Å². The Kier molecular flexibility index (Phi) is 5.16. The monoisotopic (exact) mass is 294 g/mol. The summed E-state index contributed by atoms with van der Waals surface area (Å²) in [7, 11) is 0. The second-order valence-electron chi connectivity index (χ2n) is 5.25. The van der Waals surface area contributed by atoms with Crippen LogP contribution in [-0.4, -0.2) is 12.5 Å². The van der Waals surface area contributed by atoms with Crippen molar-refractivity contribution in [2.75, 3.05) is 11.9 Å². The number of hydrogen-bond donors (Lipinski definition) is 1. The highest BCUT2D eigenvalue weighted by molar-refractivity contribution is 5.91. The topological polar surface area (TPSA) is 62.1 Å². The van der Waals surface area contributed by atoms with E-state index in [2.05, 4.69) is 19.2 Å². The fourth-order valence-electron chi connectivity index (χ4n) is 1.92. The largest absolute Gasteiger partial charge is 0.484 e. The van der Waals surface area contributed by atoms with Crippen molar-refractivity contribution < 1.29 is 9.53 Å². The third kappa shape index (κ3) is 4.35. The van der Waals surface area contributed by atoms with Crippen LogP contribution in [0.25, 0.3) is 0 Å². The Bertz CT molecular complexity index is 668. The van der Waals surface area contributed by atoms with Crippen LogP contribution in [0.4, 0.5) is 5.69 Å². The standard InChI is InChI=1S/C18H18N2O2/c1-13(2)15-5-7-16(8-6-15)20-18(21)12-22-17-9-3-14(11-19)4-10-17/h3-10,13H,12H2,1-2H3,(H,20,21). The second-order valence-corrected chi connectivity index (χ2v) is 5.25. The first kappa shape index (κ1) is 15.6. The van der Waals surface area contributed by atoms with Gasteiger partial charge in [0, 0.05) is 5.69 Å². The maximum atomic E-state index is 11.8. The van der Waals surface area contributed by atoms with E-state index in [9.17, 15) is 4.79 Å². The van der Waals surface area contributed by atoms with E-state index in [0.29, 0.717) is 17.2 Å². The number of rotatable bonds is 5. The molecule has 0 aromatic heterocycles. The molecule has 0 aliphatic heterocycles. The van der Waals surface area contributed by atoms with Gasteiger partial charge < -0.3 is 10.1 Å². The first-order chi connectivity index (χ1) is 10.6. The summed E-state index contributed by atoms with van der Waals surface area (Å²) in [6.07, 6.45) is 0. The molecule has 1 amide bonds. The zero-order valence-electron chi connectivity index (χ0n) is 12.7. The summed E-state index contributed by atoms with van der Waals surface area (Å²) in [5, 5.41) is 11.5. The summed E-state index contributed by atoms with van der Waals surface area (Å²) >= 11 is 0. The normalized spacial score (nSPS) is 10.1. The molecule has 2 aromatic rings. The van der Waals surface area contributed by atoms with Crippen molar-refractivity contribution in [2.45, 2.75) is 19.8 Å². The second kappa shape index (κ2) is 7.28. The van der Waals surface area contributed by atoms with E-state index in [4.69, 9.17) is 10.00 Å². The number of carbonyl (C=O) groups excluding carboxylic acids is 1. The number of carbonyl (C=O) groups is 1. The first-order valence-electron chi connectivity index (χ1n) is 7.11. The van der Waals surface area contributed by atoms with Gasteiger partial charge in [0.05, 0.1) is 11.6 Å². The lowest BCUT2D eigenvalue weighted by molar-refractivity contribution is -0.118. The lowest BCUT2D eigenvalue weighted by Crippen LogP contribution is -2.20. The Balaban J connectivity index is 1.85. The van der Waals surface area contributed by atoms with Crippen LogP contribution < -0.4 is 10.1 Å². The Morgan fingerprint density at radius 3 is 2.32 bits per heavy atom. The number of hydrogen-bond acceptors (Lipinski definition) is 3. The van der Waals surface area contributed by atoms with Gasteiger partial charge in [-0.15, -0.1) is 0 Å². The average Bonchev–Trinajstić information content (AvgIpc) is 2.54. The maximum absolute atomic E-state index is 11.8. The SMILES string of the molecule is CC(C)c1ccc(NC(=O)COc2ccc(C#N)cc2)cc1. The number of anilines is 1. The Morgan fingerprint density at radius 2 is 1.77 bits per heavy atom. The van der Waals surface area contributed by atoms with E-state index < -0.39 is 0 Å². The molecule has 2 rings (SSSR count). The Labute approximate surface area is 130 Å². The molecule has 0 aliphatic rings. The molecule has 0 unspecified atom stereocenters. The molecule has 0 saturated carbocycles. The number of amides is 1. The molecule has 0 saturated heterocycles. The van der Waals surface area contributed by atoms with E-state index in [0.717, 1.165) is 5.69 Å². The summed E-state index contributed by atoms with van der Waals surface area (Å²) in [5.74, 6) is 0.801. The summed E-state index contributed by atoms with van der Waals surface area (Å²) in [6, 6.07) is 16.4. The van der Waals surface area contributed by atoms with Gasteiger partial charge in [-0.2, -0.15) is 5.26 Å². The molecule has 112 valence electrons. The number of benzene rings is 2. The van der Waals surface area contributed by atoms with Crippen LogP contribution in [0.15, 0.2) is 48.5 Å². The van der Waals surface area contributed by atoms with Crippen molar-refractivity contribution in [2.24, 2.45) is 0 Å². The summed E-state index contributed by atoms with van der Waals surface area (Å²) in [6.45, 7) is 4.18. The predicted octanol–water partition coefficient (Wildman–Crippen LogP) is 3.70. The summed E-state index contributed by atoms with van der Waals surface area (Å²) in [5.41, 5.74) is 2.53. The molecule has 4 nitrogen and oxygen atoms in total. The molecule has 0 bridgehead atoms. The fourth-order valence-corrected chi connectivity index (χ4v) is 1.92. The molecular weight excluding hydrogens is 276 g/mol. The van der Waals surface area contributed by atoms with Crippen molar-refractivity contribution in [1.82, 2.24) is 0 Å². The average molecular weight is 294 g/mol. The van der Waals surface area contributed by atoms with Crippen LogP contribution in [0.5, 0.6) is 5.75 Å². The van der Waals surface area contributed by atoms with Crippen molar-refractivity contribution in [1.29, 1.82) is 5.26 Å². The van der Waals surface area contributed by atoms with E-state index in [-0.39, 0.29) is 12.5 Å². The summed E-state index contributed by atoms with van der Waals surface area (Å²) in [4.78, 5) is 11.8. The molecule has 0 spiro atoms. The van der Waals surface area contributed by atoms with Gasteiger partial charge >= 0.3 is 0 Å². The van der Waals surface area contributed by atoms with Gasteiger partial charge in [-0.3, -0.25) is 4.79 Å². The van der Waals surface area contributed by atoms with Crippen LogP contribution in [0.2, 0.25) is 0 Å². The lowest BCUT2D eigenvalue weighted by atomic mass is 10.0. The third-order valence-corrected chi connectivity index (χ3v) is 3.21. The van der Waals surface area contributed by atoms with Gasteiger partial charge in [-0.25, -0.2) is 0 Å². The number of nitrogens with one attached hydrogen (secondary N) is 1. The molecule has 1 N–H and O–H groups in total. The quantitative estimate of drug-likeness (QED) is 0.914. The van der Waals surface area contributed by atoms with Crippen LogP contribution in [-0.2, 0) is 4.79 Å². The molecule has 0 heterocycles. The van der Waals surface area contributed by atoms with E-state index in [1.807, 2.05) is 30.3 Å². The van der Waals surface area contributed by atoms with Gasteiger partial charge in [0.1, 0.15) is 5.75 Å². The van der Waals surface area contributed by atoms with Crippen molar-refractivity contribution in [3.63, 3.8) is 0 Å². The van der Waals surface area contributed by atoms with Gasteiger partial charge in [-0.05, 0) is 47.9 Å². The van der Waals surface area contributed by atoms with Crippen LogP contribution in [0.3, 0.4) is 0 Å². The maximum Gasteiger partial charge on any atom is 0.262 e. The van der Waals surface area contributed by atoms with Crippen molar-refractivity contribution in [3.8, 4) is 11.8 Å². The lowest BCUT2D eigenvalue weighted by Gasteiger charge is -2.09. The minimum atomic E-state index is -0.221. The van der Waals surface area contributed by atoms with E-state index in [1.165, 1.54) is 5.56 Å². The molecule has 0 radical (unpaired) electrons. The third-order valence-electron chi connectivity index (χ3n) is 3.21. The van der Waals surface area contributed by atoms with E-state index >= 15 is 0 Å². The molecule has 0 atom stereocenters. The predicted molar refractivity (Wildman–Crippen MR) is 85.8 cm³/mol. The van der Waals surface area contributed by atoms with Crippen LogP contribution in [0, 0.1) is 11.3 Å². The molecule has 0 fully saturated rings. The fraction of sp³-hybridized carbons (Fsp3) is 0.222. The van der Waals surface area contributed by atoms with Gasteiger partial charge in [0.2, 0.25) is 0 Å². The summed E-state index contributed by atoms with van der Waals surface area (Å²) < 4.78 is 5.38. The van der Waals surface area contributed by atoms with Crippen LogP contribution in [0.1, 0.15) is 30.9 Å². The van der Waals surface area contributed by atoms with Gasteiger partial charge in [0.25, 0.3) is 5.91 Å². The molecule has 22 heavy (non-hydrogen) atoms. The van der Waals surface area contributed by atoms with E-state index in [1.54, 1.807) is 24.3 Å². The molecule has 0 aliphatic carbocycles. The molecule has 4 heteroatoms. The highest BCUT2D eigenvalue weighted by Gasteiger charge is 2.05. The van der Waals surface area contributed by atoms with Gasteiger partial charge in [0.15, 0.2) is 6.61 Å². The number of ether oxygens (including phenoxy) is 1. The van der Waals surface area contributed by atoms with Crippen LogP contribution >= 0.6 is 0 Å². The minimum Gasteiger partial charge on any atom is -0.484 e. The highest BCUT2D eigenvalue weighted by Crippen LogP contribution is 2.17. The Morgan fingerprint density at radius 1 is 1.14 bits per heavy atom.